The van der Waals surface area contributed by atoms with E-state index in [1.807, 2.05) is 49.4 Å². The van der Waals surface area contributed by atoms with Gasteiger partial charge in [0.25, 0.3) is 5.91 Å². The fourth-order valence-corrected chi connectivity index (χ4v) is 4.39. The van der Waals surface area contributed by atoms with Gasteiger partial charge in [0.2, 0.25) is 5.91 Å². The first-order chi connectivity index (χ1) is 14.4. The summed E-state index contributed by atoms with van der Waals surface area (Å²) in [6.07, 6.45) is 0.749. The predicted octanol–water partition coefficient (Wildman–Crippen LogP) is 3.18. The van der Waals surface area contributed by atoms with E-state index in [9.17, 15) is 14.4 Å². The van der Waals surface area contributed by atoms with Crippen LogP contribution in [-0.4, -0.2) is 35.3 Å². The SMILES string of the molecule is C[C@@H]1Cc2ccccc2N1C(=O)CN1C(=O)N[C@](C)(c2cc3ccccc3o2)C1=O. The Morgan fingerprint density at radius 2 is 1.90 bits per heavy atom. The predicted molar refractivity (Wildman–Crippen MR) is 111 cm³/mol. The second kappa shape index (κ2) is 6.45. The maximum Gasteiger partial charge on any atom is 0.325 e. The van der Waals surface area contributed by atoms with Crippen molar-refractivity contribution < 1.29 is 18.8 Å². The third-order valence-electron chi connectivity index (χ3n) is 5.96. The molecule has 0 radical (unpaired) electrons. The molecular weight excluding hydrogens is 382 g/mol. The van der Waals surface area contributed by atoms with Gasteiger partial charge < -0.3 is 14.6 Å². The number of nitrogens with one attached hydrogen (secondary N) is 1. The molecule has 7 nitrogen and oxygen atoms in total. The second-order valence-corrected chi connectivity index (χ2v) is 8.04. The van der Waals surface area contributed by atoms with Crippen LogP contribution < -0.4 is 10.2 Å². The molecule has 0 spiro atoms. The highest BCUT2D eigenvalue weighted by atomic mass is 16.3. The molecule has 2 aromatic carbocycles. The first-order valence-corrected chi connectivity index (χ1v) is 9.91. The highest BCUT2D eigenvalue weighted by molar-refractivity contribution is 6.11. The van der Waals surface area contributed by atoms with Crippen LogP contribution in [0.5, 0.6) is 0 Å². The van der Waals surface area contributed by atoms with Crippen LogP contribution in [0.1, 0.15) is 25.2 Å². The number of anilines is 1. The largest absolute Gasteiger partial charge is 0.458 e. The van der Waals surface area contributed by atoms with E-state index in [1.54, 1.807) is 24.0 Å². The Kier molecular flexibility index (Phi) is 3.96. The van der Waals surface area contributed by atoms with Crippen molar-refractivity contribution in [2.75, 3.05) is 11.4 Å². The molecule has 7 heteroatoms. The normalized spacial score (nSPS) is 23.2. The average Bonchev–Trinajstić information content (AvgIpc) is 3.36. The summed E-state index contributed by atoms with van der Waals surface area (Å²) in [6, 6.07) is 16.2. The number of hydrogen-bond acceptors (Lipinski definition) is 4. The van der Waals surface area contributed by atoms with Crippen LogP contribution in [-0.2, 0) is 21.5 Å². The number of carbonyl (C=O) groups excluding carboxylic acids is 3. The molecule has 0 bridgehead atoms. The number of carbonyl (C=O) groups is 3. The van der Waals surface area contributed by atoms with Crippen molar-refractivity contribution >= 4 is 34.5 Å². The van der Waals surface area contributed by atoms with E-state index in [0.717, 1.165) is 28.0 Å². The van der Waals surface area contributed by atoms with Gasteiger partial charge in [0.15, 0.2) is 5.54 Å². The fraction of sp³-hybridized carbons (Fsp3) is 0.261. The Bertz CT molecular complexity index is 1170. The van der Waals surface area contributed by atoms with E-state index >= 15 is 0 Å². The highest BCUT2D eigenvalue weighted by Crippen LogP contribution is 2.35. The van der Waals surface area contributed by atoms with E-state index < -0.39 is 17.5 Å². The standard InChI is InChI=1S/C23H21N3O4/c1-14-11-15-7-3-5-9-17(15)26(14)20(27)13-25-21(28)23(2,24-22(25)29)19-12-16-8-4-6-10-18(16)30-19/h3-10,12,14H,11,13H2,1-2H3,(H,24,29)/t14-,23-/m1/s1. The Balaban J connectivity index is 1.41. The summed E-state index contributed by atoms with van der Waals surface area (Å²) in [6.45, 7) is 3.24. The van der Waals surface area contributed by atoms with Gasteiger partial charge in [-0.3, -0.25) is 14.5 Å². The lowest BCUT2D eigenvalue weighted by Gasteiger charge is -2.25. The van der Waals surface area contributed by atoms with Gasteiger partial charge in [0.05, 0.1) is 0 Å². The quantitative estimate of drug-likeness (QED) is 0.681. The zero-order valence-electron chi connectivity index (χ0n) is 16.7. The van der Waals surface area contributed by atoms with Gasteiger partial charge in [-0.25, -0.2) is 4.79 Å². The van der Waals surface area contributed by atoms with Crippen molar-refractivity contribution in [1.29, 1.82) is 0 Å². The van der Waals surface area contributed by atoms with E-state index in [2.05, 4.69) is 5.32 Å². The van der Waals surface area contributed by atoms with Crippen LogP contribution in [0, 0.1) is 0 Å². The van der Waals surface area contributed by atoms with Crippen molar-refractivity contribution in [3.63, 3.8) is 0 Å². The zero-order valence-corrected chi connectivity index (χ0v) is 16.7. The van der Waals surface area contributed by atoms with Gasteiger partial charge >= 0.3 is 6.03 Å². The fourth-order valence-electron chi connectivity index (χ4n) is 4.39. The van der Waals surface area contributed by atoms with E-state index in [0.29, 0.717) is 11.3 Å². The van der Waals surface area contributed by atoms with Gasteiger partial charge in [-0.15, -0.1) is 0 Å². The van der Waals surface area contributed by atoms with Crippen molar-refractivity contribution in [3.8, 4) is 0 Å². The molecule has 3 aromatic rings. The summed E-state index contributed by atoms with van der Waals surface area (Å²) in [5.41, 5.74) is 1.20. The minimum atomic E-state index is -1.36. The van der Waals surface area contributed by atoms with Crippen LogP contribution in [0.4, 0.5) is 10.5 Å². The third-order valence-corrected chi connectivity index (χ3v) is 5.96. The van der Waals surface area contributed by atoms with Gasteiger partial charge in [-0.2, -0.15) is 0 Å². The first kappa shape index (κ1) is 18.4. The molecule has 5 rings (SSSR count). The van der Waals surface area contributed by atoms with Crippen molar-refractivity contribution in [2.45, 2.75) is 31.8 Å². The number of rotatable bonds is 3. The van der Waals surface area contributed by atoms with Crippen molar-refractivity contribution in [3.05, 3.63) is 65.9 Å². The molecule has 0 aliphatic carbocycles. The number of para-hydroxylation sites is 2. The van der Waals surface area contributed by atoms with E-state index in [4.69, 9.17) is 4.42 Å². The van der Waals surface area contributed by atoms with Gasteiger partial charge in [-0.05, 0) is 44.0 Å². The number of nitrogens with zero attached hydrogens (tertiary/aromatic N) is 2. The number of benzene rings is 2. The molecule has 3 heterocycles. The molecule has 1 fully saturated rings. The number of urea groups is 1. The zero-order chi connectivity index (χ0) is 21.0. The van der Waals surface area contributed by atoms with Crippen LogP contribution in [0.2, 0.25) is 0 Å². The Morgan fingerprint density at radius 1 is 1.17 bits per heavy atom. The summed E-state index contributed by atoms with van der Waals surface area (Å²) in [4.78, 5) is 41.6. The van der Waals surface area contributed by atoms with E-state index in [1.165, 1.54) is 0 Å². The molecule has 2 atom stereocenters. The molecule has 0 saturated carbocycles. The van der Waals surface area contributed by atoms with E-state index in [-0.39, 0.29) is 18.5 Å². The lowest BCUT2D eigenvalue weighted by Crippen LogP contribution is -2.46. The monoisotopic (exact) mass is 403 g/mol. The van der Waals surface area contributed by atoms with Crippen molar-refractivity contribution in [1.82, 2.24) is 10.2 Å². The Morgan fingerprint density at radius 3 is 2.70 bits per heavy atom. The second-order valence-electron chi connectivity index (χ2n) is 8.04. The topological polar surface area (TPSA) is 82.9 Å². The molecule has 0 unspecified atom stereocenters. The van der Waals surface area contributed by atoms with Gasteiger partial charge in [0.1, 0.15) is 17.9 Å². The molecule has 2 aliphatic heterocycles. The van der Waals surface area contributed by atoms with Crippen LogP contribution in [0.25, 0.3) is 11.0 Å². The molecule has 2 aliphatic rings. The minimum Gasteiger partial charge on any atom is -0.458 e. The highest BCUT2D eigenvalue weighted by Gasteiger charge is 2.52. The third kappa shape index (κ3) is 2.62. The minimum absolute atomic E-state index is 0.0302. The summed E-state index contributed by atoms with van der Waals surface area (Å²) in [7, 11) is 0. The van der Waals surface area contributed by atoms with Crippen molar-refractivity contribution in [2.24, 2.45) is 0 Å². The first-order valence-electron chi connectivity index (χ1n) is 9.91. The Labute approximate surface area is 173 Å². The number of fused-ring (bicyclic) bond motifs is 2. The summed E-state index contributed by atoms with van der Waals surface area (Å²) < 4.78 is 5.83. The molecule has 152 valence electrons. The molecule has 30 heavy (non-hydrogen) atoms. The molecule has 1 saturated heterocycles. The average molecular weight is 403 g/mol. The van der Waals surface area contributed by atoms with Gasteiger partial charge in [0, 0.05) is 17.1 Å². The van der Waals surface area contributed by atoms with Crippen LogP contribution in [0.3, 0.4) is 0 Å². The molecule has 1 N–H and O–H groups in total. The number of hydrogen-bond donors (Lipinski definition) is 1. The summed E-state index contributed by atoms with van der Waals surface area (Å²) >= 11 is 0. The van der Waals surface area contributed by atoms with Gasteiger partial charge in [-0.1, -0.05) is 36.4 Å². The maximum absolute atomic E-state index is 13.2. The molecule has 4 amide bonds. The molecule has 1 aromatic heterocycles. The summed E-state index contributed by atoms with van der Waals surface area (Å²) in [5, 5.41) is 3.55. The lowest BCUT2D eigenvalue weighted by molar-refractivity contribution is -0.134. The number of furan rings is 1. The number of imide groups is 1. The molecular formula is C23H21N3O4. The smallest absolute Gasteiger partial charge is 0.325 e. The van der Waals surface area contributed by atoms with Crippen LogP contribution >= 0.6 is 0 Å². The maximum atomic E-state index is 13.2. The Hall–Kier alpha value is -3.61. The summed E-state index contributed by atoms with van der Waals surface area (Å²) in [5.74, 6) is -0.443. The lowest BCUT2D eigenvalue weighted by atomic mass is 9.99. The van der Waals surface area contributed by atoms with Crippen LogP contribution in [0.15, 0.2) is 59.0 Å². The number of amides is 4.